The van der Waals surface area contributed by atoms with Gasteiger partial charge < -0.3 is 9.64 Å². The number of hydrogen-bond donors (Lipinski definition) is 0. The second kappa shape index (κ2) is 10.0. The highest BCUT2D eigenvalue weighted by atomic mass is 35.5. The lowest BCUT2D eigenvalue weighted by Crippen LogP contribution is -2.40. The van der Waals surface area contributed by atoms with Crippen LogP contribution in [-0.4, -0.2) is 43.4 Å². The Bertz CT molecular complexity index is 993. The lowest BCUT2D eigenvalue weighted by atomic mass is 10.1. The largest absolute Gasteiger partial charge is 0.494 e. The van der Waals surface area contributed by atoms with Crippen molar-refractivity contribution in [1.82, 2.24) is 4.90 Å². The van der Waals surface area contributed by atoms with E-state index in [1.165, 1.54) is 0 Å². The SMILES string of the molecule is CCCCOc1ccc(C(=O)N(Cc2ccc(Cl)cc2Cl)C2CCS(=O)(=O)C2)cc1. The van der Waals surface area contributed by atoms with E-state index in [1.54, 1.807) is 47.4 Å². The minimum Gasteiger partial charge on any atom is -0.494 e. The first-order valence-electron chi connectivity index (χ1n) is 9.97. The molecule has 3 rings (SSSR count). The van der Waals surface area contributed by atoms with Gasteiger partial charge >= 0.3 is 0 Å². The molecule has 2 aromatic rings. The molecule has 5 nitrogen and oxygen atoms in total. The molecule has 0 radical (unpaired) electrons. The van der Waals surface area contributed by atoms with Crippen LogP contribution in [-0.2, 0) is 16.4 Å². The number of rotatable bonds is 8. The van der Waals surface area contributed by atoms with Gasteiger partial charge in [-0.2, -0.15) is 0 Å². The average molecular weight is 470 g/mol. The van der Waals surface area contributed by atoms with Crippen molar-refractivity contribution < 1.29 is 17.9 Å². The van der Waals surface area contributed by atoms with E-state index in [0.29, 0.717) is 34.4 Å². The predicted octanol–water partition coefficient (Wildman–Crippen LogP) is 5.00. The van der Waals surface area contributed by atoms with Gasteiger partial charge in [0.1, 0.15) is 5.75 Å². The lowest BCUT2D eigenvalue weighted by Gasteiger charge is -2.29. The molecule has 1 unspecified atom stereocenters. The number of benzene rings is 2. The highest BCUT2D eigenvalue weighted by Gasteiger charge is 2.35. The van der Waals surface area contributed by atoms with Crippen molar-refractivity contribution in [2.75, 3.05) is 18.1 Å². The maximum atomic E-state index is 13.3. The molecule has 1 aliphatic heterocycles. The third-order valence-electron chi connectivity index (χ3n) is 5.13. The molecule has 0 aliphatic carbocycles. The van der Waals surface area contributed by atoms with E-state index in [2.05, 4.69) is 6.92 Å². The molecule has 0 N–H and O–H groups in total. The Morgan fingerprint density at radius 1 is 1.17 bits per heavy atom. The van der Waals surface area contributed by atoms with Gasteiger partial charge in [0.15, 0.2) is 9.84 Å². The number of ether oxygens (including phenoxy) is 1. The van der Waals surface area contributed by atoms with Crippen LogP contribution in [0, 0.1) is 0 Å². The first-order chi connectivity index (χ1) is 14.3. The molecule has 8 heteroatoms. The summed E-state index contributed by atoms with van der Waals surface area (Å²) in [7, 11) is -3.15. The molecule has 1 fully saturated rings. The molecular formula is C22H25Cl2NO4S. The topological polar surface area (TPSA) is 63.7 Å². The summed E-state index contributed by atoms with van der Waals surface area (Å²) in [4.78, 5) is 14.9. The van der Waals surface area contributed by atoms with E-state index < -0.39 is 15.9 Å². The average Bonchev–Trinajstić information content (AvgIpc) is 3.07. The minimum atomic E-state index is -3.15. The number of hydrogen-bond acceptors (Lipinski definition) is 4. The Kier molecular flexibility index (Phi) is 7.66. The van der Waals surface area contributed by atoms with Crippen molar-refractivity contribution in [2.45, 2.75) is 38.8 Å². The van der Waals surface area contributed by atoms with E-state index in [4.69, 9.17) is 27.9 Å². The maximum absolute atomic E-state index is 13.3. The normalized spacial score (nSPS) is 17.6. The fraction of sp³-hybridized carbons (Fsp3) is 0.409. The Morgan fingerprint density at radius 3 is 2.50 bits per heavy atom. The zero-order chi connectivity index (χ0) is 21.7. The number of halogens is 2. The number of nitrogens with zero attached hydrogens (tertiary/aromatic N) is 1. The fourth-order valence-electron chi connectivity index (χ4n) is 3.42. The van der Waals surface area contributed by atoms with E-state index in [9.17, 15) is 13.2 Å². The molecule has 1 atom stereocenters. The molecule has 162 valence electrons. The highest BCUT2D eigenvalue weighted by Crippen LogP contribution is 2.27. The van der Waals surface area contributed by atoms with Crippen molar-refractivity contribution in [1.29, 1.82) is 0 Å². The van der Waals surface area contributed by atoms with Crippen LogP contribution >= 0.6 is 23.2 Å². The molecule has 0 saturated carbocycles. The van der Waals surface area contributed by atoms with Crippen LogP contribution in [0.4, 0.5) is 0 Å². The molecule has 0 spiro atoms. The van der Waals surface area contributed by atoms with Crippen LogP contribution in [0.2, 0.25) is 10.0 Å². The van der Waals surface area contributed by atoms with Crippen LogP contribution in [0.5, 0.6) is 5.75 Å². The number of amides is 1. The summed E-state index contributed by atoms with van der Waals surface area (Å²) >= 11 is 12.3. The molecule has 30 heavy (non-hydrogen) atoms. The molecule has 1 amide bonds. The number of carbonyl (C=O) groups is 1. The second-order valence-electron chi connectivity index (χ2n) is 7.45. The van der Waals surface area contributed by atoms with Crippen LogP contribution in [0.25, 0.3) is 0 Å². The summed E-state index contributed by atoms with van der Waals surface area (Å²) < 4.78 is 29.7. The third-order valence-corrected chi connectivity index (χ3v) is 7.47. The van der Waals surface area contributed by atoms with Gasteiger partial charge in [0, 0.05) is 28.2 Å². The van der Waals surface area contributed by atoms with Crippen molar-refractivity contribution in [2.24, 2.45) is 0 Å². The Labute approximate surface area is 187 Å². The molecule has 1 aliphatic rings. The number of sulfone groups is 1. The quantitative estimate of drug-likeness (QED) is 0.510. The minimum absolute atomic E-state index is 0.0395. The fourth-order valence-corrected chi connectivity index (χ4v) is 5.61. The van der Waals surface area contributed by atoms with Crippen molar-refractivity contribution in [3.8, 4) is 5.75 Å². The molecule has 0 bridgehead atoms. The van der Waals surface area contributed by atoms with Crippen molar-refractivity contribution in [3.63, 3.8) is 0 Å². The summed E-state index contributed by atoms with van der Waals surface area (Å²) in [5.74, 6) is 0.515. The van der Waals surface area contributed by atoms with Gasteiger partial charge in [0.05, 0.1) is 18.1 Å². The maximum Gasteiger partial charge on any atom is 0.254 e. The van der Waals surface area contributed by atoms with Crippen molar-refractivity contribution >= 4 is 38.9 Å². The van der Waals surface area contributed by atoms with E-state index in [-0.39, 0.29) is 24.0 Å². The van der Waals surface area contributed by atoms with E-state index >= 15 is 0 Å². The highest BCUT2D eigenvalue weighted by molar-refractivity contribution is 7.91. The van der Waals surface area contributed by atoms with Crippen LogP contribution in [0.3, 0.4) is 0 Å². The van der Waals surface area contributed by atoms with Gasteiger partial charge in [-0.3, -0.25) is 4.79 Å². The standard InChI is InChI=1S/C22H25Cl2NO4S/c1-2-3-11-29-20-8-5-16(6-9-20)22(26)25(19-10-12-30(27,28)15-19)14-17-4-7-18(23)13-21(17)24/h4-9,13,19H,2-3,10-12,14-15H2,1H3. The summed E-state index contributed by atoms with van der Waals surface area (Å²) in [5, 5.41) is 0.949. The van der Waals surface area contributed by atoms with Gasteiger partial charge in [-0.05, 0) is 54.8 Å². The van der Waals surface area contributed by atoms with Gasteiger partial charge in [-0.15, -0.1) is 0 Å². The Hall–Kier alpha value is -1.76. The molecule has 1 heterocycles. The first-order valence-corrected chi connectivity index (χ1v) is 12.5. The van der Waals surface area contributed by atoms with E-state index in [1.807, 2.05) is 0 Å². The van der Waals surface area contributed by atoms with Crippen molar-refractivity contribution in [3.05, 3.63) is 63.6 Å². The first kappa shape index (κ1) is 22.9. The van der Waals surface area contributed by atoms with Gasteiger partial charge in [0.2, 0.25) is 0 Å². The zero-order valence-corrected chi connectivity index (χ0v) is 19.1. The smallest absolute Gasteiger partial charge is 0.254 e. The summed E-state index contributed by atoms with van der Waals surface area (Å²) in [6.07, 6.45) is 2.42. The van der Waals surface area contributed by atoms with Crippen LogP contribution in [0.15, 0.2) is 42.5 Å². The van der Waals surface area contributed by atoms with Gasteiger partial charge in [-0.25, -0.2) is 8.42 Å². The van der Waals surface area contributed by atoms with Gasteiger partial charge in [-0.1, -0.05) is 42.6 Å². The lowest BCUT2D eigenvalue weighted by molar-refractivity contribution is 0.0681. The molecule has 0 aromatic heterocycles. The summed E-state index contributed by atoms with van der Waals surface area (Å²) in [6, 6.07) is 11.7. The molecule has 2 aromatic carbocycles. The zero-order valence-electron chi connectivity index (χ0n) is 16.8. The monoisotopic (exact) mass is 469 g/mol. The van der Waals surface area contributed by atoms with Crippen LogP contribution in [0.1, 0.15) is 42.1 Å². The number of unbranched alkanes of at least 4 members (excludes halogenated alkanes) is 1. The summed E-state index contributed by atoms with van der Waals surface area (Å²) in [5.41, 5.74) is 1.20. The van der Waals surface area contributed by atoms with Gasteiger partial charge in [0.25, 0.3) is 5.91 Å². The molecule has 1 saturated heterocycles. The third kappa shape index (κ3) is 5.90. The number of carbonyl (C=O) groups excluding carboxylic acids is 1. The second-order valence-corrected chi connectivity index (χ2v) is 10.5. The predicted molar refractivity (Wildman–Crippen MR) is 120 cm³/mol. The summed E-state index contributed by atoms with van der Waals surface area (Å²) in [6.45, 7) is 2.94. The van der Waals surface area contributed by atoms with Crippen LogP contribution < -0.4 is 4.74 Å². The Morgan fingerprint density at radius 2 is 1.90 bits per heavy atom. The van der Waals surface area contributed by atoms with E-state index in [0.717, 1.165) is 18.4 Å². The Balaban J connectivity index is 1.83. The molecular weight excluding hydrogens is 445 g/mol.